The maximum atomic E-state index is 10.5. The van der Waals surface area contributed by atoms with E-state index in [-0.39, 0.29) is 23.9 Å². The first-order valence-corrected chi connectivity index (χ1v) is 3.97. The highest BCUT2D eigenvalue weighted by molar-refractivity contribution is 5.85. The zero-order valence-electron chi connectivity index (χ0n) is 7.46. The van der Waals surface area contributed by atoms with Crippen molar-refractivity contribution in [2.45, 2.75) is 32.7 Å². The first-order valence-electron chi connectivity index (χ1n) is 3.97. The zero-order valence-corrected chi connectivity index (χ0v) is 8.28. The molecule has 1 atom stereocenters. The summed E-state index contributed by atoms with van der Waals surface area (Å²) in [5.41, 5.74) is 0.270. The third kappa shape index (κ3) is 2.99. The van der Waals surface area contributed by atoms with Gasteiger partial charge < -0.3 is 10.4 Å². The van der Waals surface area contributed by atoms with Gasteiger partial charge >= 0.3 is 5.97 Å². The molecule has 2 N–H and O–H groups in total. The predicted octanol–water partition coefficient (Wildman–Crippen LogP) is 1.27. The number of nitrogens with one attached hydrogen (secondary N) is 1. The van der Waals surface area contributed by atoms with Crippen LogP contribution in [0, 0.1) is 5.41 Å². The van der Waals surface area contributed by atoms with Crippen molar-refractivity contribution >= 4 is 18.4 Å². The molecule has 1 rings (SSSR count). The molecular weight excluding hydrogens is 178 g/mol. The minimum atomic E-state index is -0.722. The van der Waals surface area contributed by atoms with Crippen molar-refractivity contribution in [3.8, 4) is 0 Å². The van der Waals surface area contributed by atoms with E-state index in [1.54, 1.807) is 0 Å². The Balaban J connectivity index is 0.00000121. The molecule has 72 valence electrons. The molecule has 0 saturated carbocycles. The van der Waals surface area contributed by atoms with Crippen LogP contribution in [-0.4, -0.2) is 23.7 Å². The number of aliphatic carboxylic acids is 1. The van der Waals surface area contributed by atoms with Gasteiger partial charge in [0.25, 0.3) is 0 Å². The number of rotatable bonds is 1. The van der Waals surface area contributed by atoms with Gasteiger partial charge in [0.05, 0.1) is 0 Å². The van der Waals surface area contributed by atoms with E-state index >= 15 is 0 Å². The van der Waals surface area contributed by atoms with Crippen LogP contribution in [0.15, 0.2) is 0 Å². The summed E-state index contributed by atoms with van der Waals surface area (Å²) in [7, 11) is 0. The number of hydrogen-bond acceptors (Lipinski definition) is 2. The maximum Gasteiger partial charge on any atom is 0.320 e. The molecule has 4 heteroatoms. The van der Waals surface area contributed by atoms with Gasteiger partial charge in [-0.2, -0.15) is 0 Å². The third-order valence-corrected chi connectivity index (χ3v) is 2.23. The van der Waals surface area contributed by atoms with Gasteiger partial charge in [-0.25, -0.2) is 0 Å². The molecule has 12 heavy (non-hydrogen) atoms. The summed E-state index contributed by atoms with van der Waals surface area (Å²) in [5.74, 6) is -0.722. The minimum Gasteiger partial charge on any atom is -0.480 e. The summed E-state index contributed by atoms with van der Waals surface area (Å²) >= 11 is 0. The summed E-state index contributed by atoms with van der Waals surface area (Å²) in [6, 6.07) is -0.317. The van der Waals surface area contributed by atoms with Crippen LogP contribution in [0.2, 0.25) is 0 Å². The number of halogens is 1. The molecule has 0 aromatic heterocycles. The van der Waals surface area contributed by atoms with Crippen molar-refractivity contribution in [1.82, 2.24) is 5.32 Å². The van der Waals surface area contributed by atoms with E-state index < -0.39 is 5.97 Å². The topological polar surface area (TPSA) is 49.3 Å². The lowest BCUT2D eigenvalue weighted by molar-refractivity contribution is -0.140. The molecule has 1 saturated heterocycles. The van der Waals surface area contributed by atoms with Crippen LogP contribution in [0.1, 0.15) is 26.7 Å². The Morgan fingerprint density at radius 1 is 1.58 bits per heavy atom. The fourth-order valence-corrected chi connectivity index (χ4v) is 1.34. The van der Waals surface area contributed by atoms with Gasteiger partial charge in [0, 0.05) is 6.54 Å². The van der Waals surface area contributed by atoms with Crippen LogP contribution in [0.25, 0.3) is 0 Å². The highest BCUT2D eigenvalue weighted by atomic mass is 35.5. The fraction of sp³-hybridized carbons (Fsp3) is 0.875. The molecule has 0 radical (unpaired) electrons. The van der Waals surface area contributed by atoms with Gasteiger partial charge in [-0.1, -0.05) is 13.8 Å². The van der Waals surface area contributed by atoms with Gasteiger partial charge in [0.2, 0.25) is 0 Å². The molecule has 1 aliphatic heterocycles. The molecule has 1 fully saturated rings. The summed E-state index contributed by atoms with van der Waals surface area (Å²) in [5, 5.41) is 11.7. The lowest BCUT2D eigenvalue weighted by atomic mass is 9.83. The van der Waals surface area contributed by atoms with Gasteiger partial charge in [-0.15, -0.1) is 12.4 Å². The van der Waals surface area contributed by atoms with Crippen LogP contribution in [0.4, 0.5) is 0 Å². The molecular formula is C8H16ClNO2. The second-order valence-electron chi connectivity index (χ2n) is 3.97. The van der Waals surface area contributed by atoms with E-state index in [4.69, 9.17) is 5.11 Å². The molecule has 0 aromatic carbocycles. The van der Waals surface area contributed by atoms with Crippen molar-refractivity contribution in [2.75, 3.05) is 6.54 Å². The van der Waals surface area contributed by atoms with Crippen LogP contribution >= 0.6 is 12.4 Å². The van der Waals surface area contributed by atoms with Crippen molar-refractivity contribution in [1.29, 1.82) is 0 Å². The van der Waals surface area contributed by atoms with Crippen molar-refractivity contribution in [2.24, 2.45) is 5.41 Å². The highest BCUT2D eigenvalue weighted by Gasteiger charge is 2.29. The number of hydrogen-bond donors (Lipinski definition) is 2. The normalized spacial score (nSPS) is 27.3. The Morgan fingerprint density at radius 3 is 2.50 bits per heavy atom. The Bertz CT molecular complexity index is 160. The smallest absolute Gasteiger partial charge is 0.320 e. The first-order chi connectivity index (χ1) is 5.01. The molecule has 0 spiro atoms. The molecule has 1 heterocycles. The van der Waals surface area contributed by atoms with E-state index in [1.165, 1.54) is 0 Å². The number of carboxylic acid groups (broad SMARTS) is 1. The quantitative estimate of drug-likeness (QED) is 0.660. The van der Waals surface area contributed by atoms with E-state index in [1.807, 2.05) is 0 Å². The lowest BCUT2D eigenvalue weighted by Gasteiger charge is -2.33. The molecule has 1 unspecified atom stereocenters. The molecule has 0 bridgehead atoms. The number of piperidine rings is 1. The van der Waals surface area contributed by atoms with E-state index in [2.05, 4.69) is 19.2 Å². The summed E-state index contributed by atoms with van der Waals surface area (Å²) in [4.78, 5) is 10.5. The van der Waals surface area contributed by atoms with Gasteiger partial charge in [0.15, 0.2) is 0 Å². The lowest BCUT2D eigenvalue weighted by Crippen LogP contribution is -2.47. The summed E-state index contributed by atoms with van der Waals surface area (Å²) in [6.45, 7) is 5.11. The van der Waals surface area contributed by atoms with Crippen LogP contribution in [0.3, 0.4) is 0 Å². The Morgan fingerprint density at radius 2 is 2.17 bits per heavy atom. The molecule has 1 aliphatic rings. The molecule has 3 nitrogen and oxygen atoms in total. The standard InChI is InChI=1S/C8H15NO2.ClH/c1-8(2)4-3-6(7(10)11)9-5-8;/h6,9H,3-5H2,1-2H3,(H,10,11);1H. The van der Waals surface area contributed by atoms with Crippen LogP contribution in [-0.2, 0) is 4.79 Å². The van der Waals surface area contributed by atoms with Crippen molar-refractivity contribution in [3.63, 3.8) is 0 Å². The second-order valence-corrected chi connectivity index (χ2v) is 3.97. The monoisotopic (exact) mass is 193 g/mol. The van der Waals surface area contributed by atoms with Crippen molar-refractivity contribution < 1.29 is 9.90 Å². The van der Waals surface area contributed by atoms with Crippen LogP contribution < -0.4 is 5.32 Å². The highest BCUT2D eigenvalue weighted by Crippen LogP contribution is 2.26. The maximum absolute atomic E-state index is 10.5. The molecule has 0 aliphatic carbocycles. The third-order valence-electron chi connectivity index (χ3n) is 2.23. The SMILES string of the molecule is CC1(C)CCC(C(=O)O)NC1.Cl. The number of carboxylic acids is 1. The summed E-state index contributed by atoms with van der Waals surface area (Å²) < 4.78 is 0. The van der Waals surface area contributed by atoms with E-state index in [0.717, 1.165) is 19.4 Å². The average molecular weight is 194 g/mol. The fourth-order valence-electron chi connectivity index (χ4n) is 1.34. The minimum absolute atomic E-state index is 0. The second kappa shape index (κ2) is 4.10. The first kappa shape index (κ1) is 11.7. The van der Waals surface area contributed by atoms with Gasteiger partial charge in [-0.3, -0.25) is 4.79 Å². The Hall–Kier alpha value is -0.280. The van der Waals surface area contributed by atoms with Gasteiger partial charge in [0.1, 0.15) is 6.04 Å². The largest absolute Gasteiger partial charge is 0.480 e. The summed E-state index contributed by atoms with van der Waals surface area (Å²) in [6.07, 6.45) is 1.75. The van der Waals surface area contributed by atoms with E-state index in [0.29, 0.717) is 0 Å². The van der Waals surface area contributed by atoms with Crippen molar-refractivity contribution in [3.05, 3.63) is 0 Å². The molecule has 0 amide bonds. The Kier molecular flexibility index (Phi) is 4.00. The van der Waals surface area contributed by atoms with Crippen LogP contribution in [0.5, 0.6) is 0 Å². The zero-order chi connectivity index (χ0) is 8.48. The van der Waals surface area contributed by atoms with E-state index in [9.17, 15) is 4.79 Å². The predicted molar refractivity (Wildman–Crippen MR) is 49.7 cm³/mol. The number of carbonyl (C=O) groups is 1. The average Bonchev–Trinajstić information content (AvgIpc) is 1.86. The Labute approximate surface area is 78.9 Å². The van der Waals surface area contributed by atoms with Gasteiger partial charge in [-0.05, 0) is 18.3 Å². The molecule has 0 aromatic rings.